The molecule has 0 saturated carbocycles. The van der Waals surface area contributed by atoms with Crippen molar-refractivity contribution >= 4 is 17.6 Å². The van der Waals surface area contributed by atoms with E-state index >= 15 is 0 Å². The Balaban J connectivity index is 1.53. The highest BCUT2D eigenvalue weighted by molar-refractivity contribution is 6.03. The SMILES string of the molecule is CN1CC(C(=O)Nc2cn(C3CCOC3)nn2)c2ccccc2C1=O. The van der Waals surface area contributed by atoms with Gasteiger partial charge in [0.05, 0.1) is 24.8 Å². The fourth-order valence-electron chi connectivity index (χ4n) is 3.34. The Hall–Kier alpha value is -2.74. The molecule has 0 spiro atoms. The molecule has 1 saturated heterocycles. The molecule has 0 radical (unpaired) electrons. The Labute approximate surface area is 144 Å². The first-order chi connectivity index (χ1) is 12.1. The van der Waals surface area contributed by atoms with E-state index in [0.29, 0.717) is 31.1 Å². The summed E-state index contributed by atoms with van der Waals surface area (Å²) in [6.07, 6.45) is 2.61. The largest absolute Gasteiger partial charge is 0.379 e. The summed E-state index contributed by atoms with van der Waals surface area (Å²) in [6.45, 7) is 1.66. The number of nitrogens with zero attached hydrogens (tertiary/aromatic N) is 4. The molecule has 1 aromatic heterocycles. The van der Waals surface area contributed by atoms with Crippen molar-refractivity contribution in [3.05, 3.63) is 41.6 Å². The standard InChI is InChI=1S/C17H19N5O3/c1-21-8-14(12-4-2-3-5-13(12)17(21)24)16(23)18-15-9-22(20-19-15)11-6-7-25-10-11/h2-5,9,11,14H,6-8,10H2,1H3,(H,18,23). The van der Waals surface area contributed by atoms with Crippen LogP contribution in [0, 0.1) is 0 Å². The maximum Gasteiger partial charge on any atom is 0.253 e. The minimum absolute atomic E-state index is 0.0631. The molecular weight excluding hydrogens is 322 g/mol. The van der Waals surface area contributed by atoms with Crippen LogP contribution < -0.4 is 5.32 Å². The van der Waals surface area contributed by atoms with Crippen molar-refractivity contribution in [3.8, 4) is 0 Å². The fraction of sp³-hybridized carbons (Fsp3) is 0.412. The molecule has 130 valence electrons. The van der Waals surface area contributed by atoms with Gasteiger partial charge in [-0.2, -0.15) is 0 Å². The number of rotatable bonds is 3. The Kier molecular flexibility index (Phi) is 3.96. The zero-order valence-electron chi connectivity index (χ0n) is 13.9. The van der Waals surface area contributed by atoms with Crippen molar-refractivity contribution in [3.63, 3.8) is 0 Å². The van der Waals surface area contributed by atoms with Gasteiger partial charge in [0, 0.05) is 25.8 Å². The van der Waals surface area contributed by atoms with E-state index < -0.39 is 5.92 Å². The van der Waals surface area contributed by atoms with Gasteiger partial charge in [0.25, 0.3) is 5.91 Å². The lowest BCUT2D eigenvalue weighted by Gasteiger charge is -2.30. The second kappa shape index (κ2) is 6.29. The van der Waals surface area contributed by atoms with Crippen molar-refractivity contribution in [1.82, 2.24) is 19.9 Å². The van der Waals surface area contributed by atoms with Crippen LogP contribution in [-0.2, 0) is 9.53 Å². The number of hydrogen-bond acceptors (Lipinski definition) is 5. The molecule has 3 heterocycles. The van der Waals surface area contributed by atoms with E-state index in [4.69, 9.17) is 4.74 Å². The number of carbonyl (C=O) groups excluding carboxylic acids is 2. The molecule has 2 atom stereocenters. The van der Waals surface area contributed by atoms with Gasteiger partial charge in [-0.25, -0.2) is 4.68 Å². The maximum absolute atomic E-state index is 12.8. The molecule has 1 N–H and O–H groups in total. The number of aromatic nitrogens is 3. The van der Waals surface area contributed by atoms with Crippen LogP contribution in [0.25, 0.3) is 0 Å². The fourth-order valence-corrected chi connectivity index (χ4v) is 3.34. The molecule has 2 aliphatic rings. The molecule has 8 heteroatoms. The lowest BCUT2D eigenvalue weighted by atomic mass is 9.89. The Morgan fingerprint density at radius 2 is 2.20 bits per heavy atom. The number of fused-ring (bicyclic) bond motifs is 1. The molecule has 25 heavy (non-hydrogen) atoms. The van der Waals surface area contributed by atoms with Crippen molar-refractivity contribution in [2.75, 3.05) is 32.1 Å². The molecule has 2 amide bonds. The normalized spacial score (nSPS) is 22.8. The van der Waals surface area contributed by atoms with Gasteiger partial charge in [-0.3, -0.25) is 9.59 Å². The zero-order valence-corrected chi connectivity index (χ0v) is 13.9. The van der Waals surface area contributed by atoms with E-state index in [-0.39, 0.29) is 17.9 Å². The van der Waals surface area contributed by atoms with Crippen molar-refractivity contribution in [2.24, 2.45) is 0 Å². The Morgan fingerprint density at radius 1 is 1.36 bits per heavy atom. The first-order valence-electron chi connectivity index (χ1n) is 8.28. The first kappa shape index (κ1) is 15.8. The summed E-state index contributed by atoms with van der Waals surface area (Å²) < 4.78 is 7.07. The average molecular weight is 341 g/mol. The van der Waals surface area contributed by atoms with Gasteiger partial charge in [-0.1, -0.05) is 23.4 Å². The van der Waals surface area contributed by atoms with E-state index in [1.807, 2.05) is 12.1 Å². The zero-order chi connectivity index (χ0) is 17.4. The van der Waals surface area contributed by atoms with E-state index in [2.05, 4.69) is 15.6 Å². The lowest BCUT2D eigenvalue weighted by molar-refractivity contribution is -0.118. The van der Waals surface area contributed by atoms with E-state index in [0.717, 1.165) is 12.0 Å². The minimum atomic E-state index is -0.432. The Bertz CT molecular complexity index is 812. The summed E-state index contributed by atoms with van der Waals surface area (Å²) in [5.41, 5.74) is 1.32. The molecule has 2 aromatic rings. The number of carbonyl (C=O) groups is 2. The Morgan fingerprint density at radius 3 is 3.00 bits per heavy atom. The molecule has 1 aromatic carbocycles. The smallest absolute Gasteiger partial charge is 0.253 e. The molecular formula is C17H19N5O3. The van der Waals surface area contributed by atoms with Crippen molar-refractivity contribution in [2.45, 2.75) is 18.4 Å². The highest BCUT2D eigenvalue weighted by atomic mass is 16.5. The van der Waals surface area contributed by atoms with Crippen LogP contribution in [0.3, 0.4) is 0 Å². The summed E-state index contributed by atoms with van der Waals surface area (Å²) >= 11 is 0. The van der Waals surface area contributed by atoms with Gasteiger partial charge < -0.3 is 15.0 Å². The highest BCUT2D eigenvalue weighted by Gasteiger charge is 2.33. The molecule has 1 fully saturated rings. The van der Waals surface area contributed by atoms with Crippen LogP contribution in [0.2, 0.25) is 0 Å². The van der Waals surface area contributed by atoms with Crippen LogP contribution in [0.5, 0.6) is 0 Å². The van der Waals surface area contributed by atoms with Gasteiger partial charge in [-0.05, 0) is 18.1 Å². The average Bonchev–Trinajstić information content (AvgIpc) is 3.29. The van der Waals surface area contributed by atoms with Crippen LogP contribution in [-0.4, -0.2) is 58.5 Å². The number of likely N-dealkylation sites (N-methyl/N-ethyl adjacent to an activating group) is 1. The lowest BCUT2D eigenvalue weighted by Crippen LogP contribution is -2.41. The molecule has 0 aliphatic carbocycles. The van der Waals surface area contributed by atoms with Gasteiger partial charge >= 0.3 is 0 Å². The van der Waals surface area contributed by atoms with Crippen LogP contribution in [0.15, 0.2) is 30.5 Å². The number of benzene rings is 1. The molecule has 0 bridgehead atoms. The van der Waals surface area contributed by atoms with Crippen LogP contribution >= 0.6 is 0 Å². The third-order valence-electron chi connectivity index (χ3n) is 4.73. The predicted octanol–water partition coefficient (Wildman–Crippen LogP) is 1.05. The molecule has 2 unspecified atom stereocenters. The van der Waals surface area contributed by atoms with Crippen molar-refractivity contribution in [1.29, 1.82) is 0 Å². The summed E-state index contributed by atoms with van der Waals surface area (Å²) in [6, 6.07) is 7.40. The second-order valence-electron chi connectivity index (χ2n) is 6.42. The maximum atomic E-state index is 12.8. The van der Waals surface area contributed by atoms with Gasteiger partial charge in [0.1, 0.15) is 0 Å². The first-order valence-corrected chi connectivity index (χ1v) is 8.28. The molecule has 4 rings (SSSR count). The highest BCUT2D eigenvalue weighted by Crippen LogP contribution is 2.28. The summed E-state index contributed by atoms with van der Waals surface area (Å²) in [4.78, 5) is 26.6. The van der Waals surface area contributed by atoms with Crippen LogP contribution in [0.4, 0.5) is 5.82 Å². The second-order valence-corrected chi connectivity index (χ2v) is 6.42. The third-order valence-corrected chi connectivity index (χ3v) is 4.73. The van der Waals surface area contributed by atoms with Crippen molar-refractivity contribution < 1.29 is 14.3 Å². The van der Waals surface area contributed by atoms with E-state index in [1.165, 1.54) is 0 Å². The van der Waals surface area contributed by atoms with E-state index in [1.54, 1.807) is 35.0 Å². The van der Waals surface area contributed by atoms with Gasteiger partial charge in [0.2, 0.25) is 5.91 Å². The number of nitrogens with one attached hydrogen (secondary N) is 1. The van der Waals surface area contributed by atoms with E-state index in [9.17, 15) is 9.59 Å². The number of ether oxygens (including phenoxy) is 1. The number of anilines is 1. The quantitative estimate of drug-likeness (QED) is 0.901. The third kappa shape index (κ3) is 2.89. The predicted molar refractivity (Wildman–Crippen MR) is 89.3 cm³/mol. The minimum Gasteiger partial charge on any atom is -0.379 e. The topological polar surface area (TPSA) is 89.3 Å². The van der Waals surface area contributed by atoms with Gasteiger partial charge in [-0.15, -0.1) is 5.10 Å². The molecule has 2 aliphatic heterocycles. The summed E-state index contributed by atoms with van der Waals surface area (Å²) in [5.74, 6) is -0.277. The number of amides is 2. The number of hydrogen-bond donors (Lipinski definition) is 1. The van der Waals surface area contributed by atoms with Gasteiger partial charge in [0.15, 0.2) is 5.82 Å². The summed E-state index contributed by atoms with van der Waals surface area (Å²) in [7, 11) is 1.70. The molecule has 8 nitrogen and oxygen atoms in total. The summed E-state index contributed by atoms with van der Waals surface area (Å²) in [5, 5.41) is 10.9. The monoisotopic (exact) mass is 341 g/mol. The van der Waals surface area contributed by atoms with Crippen LogP contribution in [0.1, 0.15) is 34.3 Å².